The maximum absolute atomic E-state index is 12.0. The molecule has 0 bridgehead atoms. The number of aliphatic hydroxyl groups is 1. The largest absolute Gasteiger partial charge is 0.384 e. The Labute approximate surface area is 117 Å². The van der Waals surface area contributed by atoms with E-state index in [0.717, 1.165) is 12.3 Å². The molecule has 2 heterocycles. The van der Waals surface area contributed by atoms with Gasteiger partial charge in [-0.3, -0.25) is 9.78 Å². The third-order valence-electron chi connectivity index (χ3n) is 2.89. The molecule has 0 radical (unpaired) electrons. The van der Waals surface area contributed by atoms with Gasteiger partial charge in [-0.1, -0.05) is 11.8 Å². The molecule has 1 aromatic rings. The van der Waals surface area contributed by atoms with Gasteiger partial charge in [0.25, 0.3) is 5.91 Å². The van der Waals surface area contributed by atoms with Gasteiger partial charge in [0.2, 0.25) is 0 Å². The zero-order chi connectivity index (χ0) is 13.5. The van der Waals surface area contributed by atoms with Gasteiger partial charge in [0.05, 0.1) is 5.56 Å². The van der Waals surface area contributed by atoms with Gasteiger partial charge in [-0.2, -0.15) is 11.8 Å². The number of nitrogens with one attached hydrogen (secondary N) is 1. The van der Waals surface area contributed by atoms with E-state index in [1.165, 1.54) is 18.4 Å². The van der Waals surface area contributed by atoms with E-state index in [9.17, 15) is 4.79 Å². The predicted octanol–water partition coefficient (Wildman–Crippen LogP) is 0.908. The number of aromatic nitrogens is 1. The summed E-state index contributed by atoms with van der Waals surface area (Å²) in [5.41, 5.74) is 1.15. The van der Waals surface area contributed by atoms with Crippen LogP contribution in [0.15, 0.2) is 18.5 Å². The Kier molecular flexibility index (Phi) is 5.25. The van der Waals surface area contributed by atoms with Crippen LogP contribution in [0.25, 0.3) is 0 Å². The van der Waals surface area contributed by atoms with Gasteiger partial charge in [0.15, 0.2) is 0 Å². The molecule has 0 aromatic carbocycles. The summed E-state index contributed by atoms with van der Waals surface area (Å²) in [5, 5.41) is 11.6. The fraction of sp³-hybridized carbons (Fsp3) is 0.429. The lowest BCUT2D eigenvalue weighted by atomic mass is 10.1. The molecule has 1 aliphatic rings. The van der Waals surface area contributed by atoms with Crippen LogP contribution >= 0.6 is 11.8 Å². The highest BCUT2D eigenvalue weighted by Crippen LogP contribution is 2.22. The molecule has 1 aromatic heterocycles. The molecule has 1 unspecified atom stereocenters. The number of thioether (sulfide) groups is 1. The summed E-state index contributed by atoms with van der Waals surface area (Å²) in [7, 11) is 0. The number of pyridine rings is 1. The second kappa shape index (κ2) is 7.17. The molecular weight excluding hydrogens is 260 g/mol. The first-order chi connectivity index (χ1) is 9.29. The quantitative estimate of drug-likeness (QED) is 0.806. The summed E-state index contributed by atoms with van der Waals surface area (Å²) in [6.07, 6.45) is 4.28. The van der Waals surface area contributed by atoms with Crippen LogP contribution in [0.3, 0.4) is 0 Å². The fourth-order valence-electron chi connectivity index (χ4n) is 1.86. The van der Waals surface area contributed by atoms with Gasteiger partial charge < -0.3 is 10.4 Å². The number of carbonyl (C=O) groups excluding carboxylic acids is 1. The van der Waals surface area contributed by atoms with Crippen LogP contribution in [0.4, 0.5) is 0 Å². The lowest BCUT2D eigenvalue weighted by Crippen LogP contribution is -2.29. The molecule has 100 valence electrons. The van der Waals surface area contributed by atoms with Crippen molar-refractivity contribution < 1.29 is 9.90 Å². The molecular formula is C14H16N2O2S. The Balaban J connectivity index is 1.94. The van der Waals surface area contributed by atoms with Gasteiger partial charge in [0.1, 0.15) is 6.61 Å². The van der Waals surface area contributed by atoms with E-state index in [2.05, 4.69) is 22.1 Å². The highest BCUT2D eigenvalue weighted by molar-refractivity contribution is 7.99. The zero-order valence-corrected chi connectivity index (χ0v) is 11.4. The highest BCUT2D eigenvalue weighted by atomic mass is 32.2. The third-order valence-corrected chi connectivity index (χ3v) is 4.12. The smallest absolute Gasteiger partial charge is 0.252 e. The van der Waals surface area contributed by atoms with Crippen molar-refractivity contribution >= 4 is 17.7 Å². The van der Waals surface area contributed by atoms with E-state index in [4.69, 9.17) is 5.11 Å². The second-order valence-electron chi connectivity index (χ2n) is 4.36. The number of amides is 1. The summed E-state index contributed by atoms with van der Waals surface area (Å²) >= 11 is 1.94. The van der Waals surface area contributed by atoms with E-state index >= 15 is 0 Å². The molecule has 4 nitrogen and oxygen atoms in total. The molecule has 5 heteroatoms. The van der Waals surface area contributed by atoms with Crippen molar-refractivity contribution in [2.24, 2.45) is 5.92 Å². The Bertz CT molecular complexity index is 502. The molecule has 2 rings (SSSR count). The van der Waals surface area contributed by atoms with E-state index in [1.807, 2.05) is 11.8 Å². The van der Waals surface area contributed by atoms with Crippen LogP contribution in [-0.2, 0) is 0 Å². The second-order valence-corrected chi connectivity index (χ2v) is 5.51. The number of carbonyl (C=O) groups is 1. The van der Waals surface area contributed by atoms with Crippen LogP contribution in [0.5, 0.6) is 0 Å². The first-order valence-electron chi connectivity index (χ1n) is 6.20. The number of aliphatic hydroxyl groups excluding tert-OH is 1. The number of hydrogen-bond acceptors (Lipinski definition) is 4. The van der Waals surface area contributed by atoms with Gasteiger partial charge in [0, 0.05) is 24.5 Å². The Hall–Kier alpha value is -1.51. The Morgan fingerprint density at radius 1 is 1.58 bits per heavy atom. The van der Waals surface area contributed by atoms with Crippen molar-refractivity contribution in [3.63, 3.8) is 0 Å². The van der Waals surface area contributed by atoms with Crippen molar-refractivity contribution in [1.29, 1.82) is 0 Å². The van der Waals surface area contributed by atoms with Crippen molar-refractivity contribution in [2.45, 2.75) is 6.42 Å². The van der Waals surface area contributed by atoms with Crippen LogP contribution in [0, 0.1) is 17.8 Å². The normalized spacial score (nSPS) is 17.6. The monoisotopic (exact) mass is 276 g/mol. The highest BCUT2D eigenvalue weighted by Gasteiger charge is 2.16. The molecule has 1 atom stereocenters. The van der Waals surface area contributed by atoms with Crippen molar-refractivity contribution in [3.05, 3.63) is 29.6 Å². The summed E-state index contributed by atoms with van der Waals surface area (Å²) in [6, 6.07) is 1.69. The topological polar surface area (TPSA) is 62.2 Å². The van der Waals surface area contributed by atoms with E-state index < -0.39 is 0 Å². The summed E-state index contributed by atoms with van der Waals surface area (Å²) in [4.78, 5) is 16.0. The first-order valence-corrected chi connectivity index (χ1v) is 7.36. The average Bonchev–Trinajstić information content (AvgIpc) is 2.96. The van der Waals surface area contributed by atoms with Crippen LogP contribution < -0.4 is 5.32 Å². The van der Waals surface area contributed by atoms with E-state index in [0.29, 0.717) is 17.0 Å². The van der Waals surface area contributed by atoms with Crippen molar-refractivity contribution in [3.8, 4) is 11.8 Å². The maximum Gasteiger partial charge on any atom is 0.252 e. The van der Waals surface area contributed by atoms with E-state index in [-0.39, 0.29) is 12.5 Å². The molecule has 1 fully saturated rings. The lowest BCUT2D eigenvalue weighted by Gasteiger charge is -2.09. The molecule has 0 aliphatic carbocycles. The number of rotatable bonds is 3. The maximum atomic E-state index is 12.0. The third kappa shape index (κ3) is 4.27. The average molecular weight is 276 g/mol. The summed E-state index contributed by atoms with van der Waals surface area (Å²) in [6.45, 7) is 0.522. The van der Waals surface area contributed by atoms with Crippen LogP contribution in [0.2, 0.25) is 0 Å². The van der Waals surface area contributed by atoms with E-state index in [1.54, 1.807) is 12.3 Å². The molecule has 1 saturated heterocycles. The molecule has 0 spiro atoms. The molecule has 1 aliphatic heterocycles. The Morgan fingerprint density at radius 2 is 2.47 bits per heavy atom. The van der Waals surface area contributed by atoms with Gasteiger partial charge >= 0.3 is 0 Å². The lowest BCUT2D eigenvalue weighted by molar-refractivity contribution is 0.0948. The molecule has 19 heavy (non-hydrogen) atoms. The minimum absolute atomic E-state index is 0.114. The summed E-state index contributed by atoms with van der Waals surface area (Å²) in [5.74, 6) is 8.06. The zero-order valence-electron chi connectivity index (χ0n) is 10.6. The molecule has 0 saturated carbocycles. The Morgan fingerprint density at radius 3 is 3.21 bits per heavy atom. The number of nitrogens with zero attached hydrogens (tertiary/aromatic N) is 1. The minimum atomic E-state index is -0.199. The standard InChI is InChI=1S/C14H16N2O2S/c17-4-1-2-11-6-13(9-15-7-11)14(18)16-8-12-3-5-19-10-12/h6-7,9,12,17H,3-5,8,10H2,(H,16,18). The van der Waals surface area contributed by atoms with Crippen molar-refractivity contribution in [1.82, 2.24) is 10.3 Å². The van der Waals surface area contributed by atoms with Gasteiger partial charge in [-0.15, -0.1) is 0 Å². The predicted molar refractivity (Wildman–Crippen MR) is 76.0 cm³/mol. The fourth-order valence-corrected chi connectivity index (χ4v) is 3.14. The van der Waals surface area contributed by atoms with Crippen LogP contribution in [-0.4, -0.2) is 40.7 Å². The molecule has 2 N–H and O–H groups in total. The van der Waals surface area contributed by atoms with Crippen LogP contribution in [0.1, 0.15) is 22.3 Å². The SMILES string of the molecule is O=C(NCC1CCSC1)c1cncc(C#CCO)c1. The first kappa shape index (κ1) is 13.9. The summed E-state index contributed by atoms with van der Waals surface area (Å²) < 4.78 is 0. The van der Waals surface area contributed by atoms with Gasteiger partial charge in [-0.25, -0.2) is 0 Å². The van der Waals surface area contributed by atoms with Gasteiger partial charge in [-0.05, 0) is 29.9 Å². The number of hydrogen-bond donors (Lipinski definition) is 2. The molecule has 1 amide bonds. The van der Waals surface area contributed by atoms with Crippen molar-refractivity contribution in [2.75, 3.05) is 24.7 Å². The minimum Gasteiger partial charge on any atom is -0.384 e.